The van der Waals surface area contributed by atoms with Crippen LogP contribution < -0.4 is 4.74 Å². The molecule has 1 heterocycles. The second kappa shape index (κ2) is 5.32. The van der Waals surface area contributed by atoms with Gasteiger partial charge in [-0.25, -0.2) is 4.98 Å². The fourth-order valence-electron chi connectivity index (χ4n) is 1.57. The lowest BCUT2D eigenvalue weighted by atomic mass is 10.1. The highest BCUT2D eigenvalue weighted by atomic mass is 19.4. The second-order valence-corrected chi connectivity index (χ2v) is 3.97. The first-order valence-electron chi connectivity index (χ1n) is 5.57. The van der Waals surface area contributed by atoms with Crippen molar-refractivity contribution in [2.24, 2.45) is 7.05 Å². The fourth-order valence-corrected chi connectivity index (χ4v) is 1.57. The Morgan fingerprint density at radius 1 is 1.30 bits per heavy atom. The van der Waals surface area contributed by atoms with E-state index < -0.39 is 6.36 Å². The molecule has 0 radical (unpaired) electrons. The lowest BCUT2D eigenvalue weighted by Gasteiger charge is -2.08. The summed E-state index contributed by atoms with van der Waals surface area (Å²) in [4.78, 5) is 15.8. The van der Waals surface area contributed by atoms with Crippen molar-refractivity contribution < 1.29 is 22.7 Å². The molecule has 0 amide bonds. The Morgan fingerprint density at radius 3 is 2.45 bits per heavy atom. The van der Waals surface area contributed by atoms with Gasteiger partial charge in [-0.3, -0.25) is 9.48 Å². The Kier molecular flexibility index (Phi) is 3.73. The van der Waals surface area contributed by atoms with Crippen LogP contribution in [0.15, 0.2) is 30.6 Å². The van der Waals surface area contributed by atoms with Crippen LogP contribution in [0.5, 0.6) is 5.75 Å². The zero-order chi connectivity index (χ0) is 14.8. The molecule has 0 spiro atoms. The van der Waals surface area contributed by atoms with Gasteiger partial charge in [0.05, 0.1) is 6.42 Å². The Labute approximate surface area is 112 Å². The van der Waals surface area contributed by atoms with E-state index in [1.54, 1.807) is 7.05 Å². The summed E-state index contributed by atoms with van der Waals surface area (Å²) in [5.41, 5.74) is 0.280. The number of carbonyl (C=O) groups is 1. The molecule has 0 N–H and O–H groups in total. The monoisotopic (exact) mass is 285 g/mol. The number of nitrogens with zero attached hydrogens (tertiary/aromatic N) is 3. The van der Waals surface area contributed by atoms with Crippen LogP contribution in [0.1, 0.15) is 16.2 Å². The lowest BCUT2D eigenvalue weighted by Crippen LogP contribution is -2.17. The summed E-state index contributed by atoms with van der Waals surface area (Å²) in [5.74, 6) is -0.155. The molecule has 0 aliphatic carbocycles. The minimum absolute atomic E-state index is 0.0238. The predicted octanol–water partition coefficient (Wildman–Crippen LogP) is 2.14. The summed E-state index contributed by atoms with van der Waals surface area (Å²) in [6, 6.07) is 4.74. The molecule has 2 rings (SSSR count). The normalized spacial score (nSPS) is 11.4. The highest BCUT2D eigenvalue weighted by Gasteiger charge is 2.31. The van der Waals surface area contributed by atoms with Crippen LogP contribution in [-0.4, -0.2) is 26.9 Å². The highest BCUT2D eigenvalue weighted by molar-refractivity contribution is 5.97. The maximum Gasteiger partial charge on any atom is 0.573 e. The number of halogens is 3. The number of benzene rings is 1. The van der Waals surface area contributed by atoms with Gasteiger partial charge < -0.3 is 4.74 Å². The van der Waals surface area contributed by atoms with E-state index in [0.717, 1.165) is 12.1 Å². The van der Waals surface area contributed by atoms with E-state index in [-0.39, 0.29) is 23.5 Å². The Hall–Kier alpha value is -2.38. The molecule has 0 saturated carbocycles. The number of Topliss-reactive ketones (excluding diaryl/α,β-unsaturated/α-hetero) is 1. The number of alkyl halides is 3. The van der Waals surface area contributed by atoms with E-state index in [4.69, 9.17) is 0 Å². The van der Waals surface area contributed by atoms with Gasteiger partial charge in [0.1, 0.15) is 17.9 Å². The van der Waals surface area contributed by atoms with Gasteiger partial charge in [-0.15, -0.1) is 13.2 Å². The zero-order valence-corrected chi connectivity index (χ0v) is 10.4. The molecule has 8 heteroatoms. The van der Waals surface area contributed by atoms with Crippen molar-refractivity contribution in [3.05, 3.63) is 42.0 Å². The number of aryl methyl sites for hydroxylation is 1. The van der Waals surface area contributed by atoms with Crippen LogP contribution in [0.2, 0.25) is 0 Å². The average Bonchev–Trinajstić information content (AvgIpc) is 2.74. The summed E-state index contributed by atoms with van der Waals surface area (Å²) >= 11 is 0. The van der Waals surface area contributed by atoms with E-state index in [0.29, 0.717) is 5.82 Å². The molecule has 0 aliphatic rings. The van der Waals surface area contributed by atoms with E-state index in [1.807, 2.05) is 0 Å². The molecule has 20 heavy (non-hydrogen) atoms. The number of hydrogen-bond donors (Lipinski definition) is 0. The maximum atomic E-state index is 12.0. The Morgan fingerprint density at radius 2 is 1.95 bits per heavy atom. The zero-order valence-electron chi connectivity index (χ0n) is 10.4. The third-order valence-electron chi connectivity index (χ3n) is 2.53. The van der Waals surface area contributed by atoms with Crippen LogP contribution in [0, 0.1) is 0 Å². The average molecular weight is 285 g/mol. The molecular formula is C12H10F3N3O2. The Bertz CT molecular complexity index is 605. The van der Waals surface area contributed by atoms with E-state index >= 15 is 0 Å². The van der Waals surface area contributed by atoms with Crippen LogP contribution in [-0.2, 0) is 13.5 Å². The molecule has 0 fully saturated rings. The van der Waals surface area contributed by atoms with Crippen LogP contribution in [0.3, 0.4) is 0 Å². The molecule has 1 aromatic heterocycles. The minimum Gasteiger partial charge on any atom is -0.406 e. The molecule has 1 aromatic carbocycles. The molecule has 0 unspecified atom stereocenters. The van der Waals surface area contributed by atoms with Gasteiger partial charge in [0.25, 0.3) is 0 Å². The van der Waals surface area contributed by atoms with E-state index in [9.17, 15) is 18.0 Å². The third-order valence-corrected chi connectivity index (χ3v) is 2.53. The van der Waals surface area contributed by atoms with E-state index in [2.05, 4.69) is 14.8 Å². The van der Waals surface area contributed by atoms with Gasteiger partial charge in [-0.2, -0.15) is 5.10 Å². The summed E-state index contributed by atoms with van der Waals surface area (Å²) in [6.07, 6.45) is -3.40. The molecule has 0 aliphatic heterocycles. The largest absolute Gasteiger partial charge is 0.573 e. The number of rotatable bonds is 4. The summed E-state index contributed by atoms with van der Waals surface area (Å²) in [5, 5.41) is 3.83. The molecule has 0 atom stereocenters. The van der Waals surface area contributed by atoms with Gasteiger partial charge in [-0.05, 0) is 24.3 Å². The van der Waals surface area contributed by atoms with Crippen molar-refractivity contribution in [2.75, 3.05) is 0 Å². The van der Waals surface area contributed by atoms with Gasteiger partial charge in [0, 0.05) is 12.6 Å². The number of carbonyl (C=O) groups excluding carboxylic acids is 1. The lowest BCUT2D eigenvalue weighted by molar-refractivity contribution is -0.274. The minimum atomic E-state index is -4.75. The molecule has 5 nitrogen and oxygen atoms in total. The Balaban J connectivity index is 2.06. The molecule has 2 aromatic rings. The molecule has 0 bridgehead atoms. The quantitative estimate of drug-likeness (QED) is 0.808. The second-order valence-electron chi connectivity index (χ2n) is 3.97. The van der Waals surface area contributed by atoms with Gasteiger partial charge >= 0.3 is 6.36 Å². The van der Waals surface area contributed by atoms with Crippen molar-refractivity contribution in [3.8, 4) is 5.75 Å². The van der Waals surface area contributed by atoms with Crippen LogP contribution in [0.4, 0.5) is 13.2 Å². The first kappa shape index (κ1) is 14.0. The van der Waals surface area contributed by atoms with Crippen LogP contribution >= 0.6 is 0 Å². The SMILES string of the molecule is Cn1ncnc1CC(=O)c1ccc(OC(F)(F)F)cc1. The molecule has 0 saturated heterocycles. The summed E-state index contributed by atoms with van der Waals surface area (Å²) < 4.78 is 41.2. The van der Waals surface area contributed by atoms with Crippen molar-refractivity contribution in [1.82, 2.24) is 14.8 Å². The fraction of sp³-hybridized carbons (Fsp3) is 0.250. The first-order valence-corrected chi connectivity index (χ1v) is 5.57. The topological polar surface area (TPSA) is 57.0 Å². The summed E-state index contributed by atoms with van der Waals surface area (Å²) in [6.45, 7) is 0. The molecule has 106 valence electrons. The van der Waals surface area contributed by atoms with Gasteiger partial charge in [0.2, 0.25) is 0 Å². The molecular weight excluding hydrogens is 275 g/mol. The third kappa shape index (κ3) is 3.56. The van der Waals surface area contributed by atoms with Gasteiger partial charge in [0.15, 0.2) is 5.78 Å². The van der Waals surface area contributed by atoms with Gasteiger partial charge in [-0.1, -0.05) is 0 Å². The number of ether oxygens (including phenoxy) is 1. The number of aromatic nitrogens is 3. The van der Waals surface area contributed by atoms with E-state index in [1.165, 1.54) is 23.1 Å². The van der Waals surface area contributed by atoms with Crippen molar-refractivity contribution in [3.63, 3.8) is 0 Å². The van der Waals surface area contributed by atoms with Crippen molar-refractivity contribution in [1.29, 1.82) is 0 Å². The van der Waals surface area contributed by atoms with Crippen LogP contribution in [0.25, 0.3) is 0 Å². The predicted molar refractivity (Wildman–Crippen MR) is 62.2 cm³/mol. The standard InChI is InChI=1S/C12H10F3N3O2/c1-18-11(16-7-17-18)6-10(19)8-2-4-9(5-3-8)20-12(13,14)15/h2-5,7H,6H2,1H3. The number of ketones is 1. The van der Waals surface area contributed by atoms with Crippen molar-refractivity contribution >= 4 is 5.78 Å². The number of hydrogen-bond acceptors (Lipinski definition) is 4. The summed E-state index contributed by atoms with van der Waals surface area (Å²) in [7, 11) is 1.65. The maximum absolute atomic E-state index is 12.0. The van der Waals surface area contributed by atoms with Crippen molar-refractivity contribution in [2.45, 2.75) is 12.8 Å². The first-order chi connectivity index (χ1) is 9.35. The highest BCUT2D eigenvalue weighted by Crippen LogP contribution is 2.23. The smallest absolute Gasteiger partial charge is 0.406 e.